The molecule has 2 saturated carbocycles. The van der Waals surface area contributed by atoms with Gasteiger partial charge in [0.2, 0.25) is 0 Å². The number of carbonyl (C=O) groups excluding carboxylic acids is 1. The van der Waals surface area contributed by atoms with Crippen LogP contribution in [0, 0.1) is 11.8 Å². The Bertz CT molecular complexity index is 618. The zero-order valence-electron chi connectivity index (χ0n) is 14.6. The van der Waals surface area contributed by atoms with Gasteiger partial charge in [0.1, 0.15) is 0 Å². The lowest BCUT2D eigenvalue weighted by Gasteiger charge is -2.45. The maximum atomic E-state index is 12.6. The van der Waals surface area contributed by atoms with Gasteiger partial charge in [-0.15, -0.1) is 12.4 Å². The number of benzene rings is 1. The van der Waals surface area contributed by atoms with Gasteiger partial charge in [-0.2, -0.15) is 8.78 Å². The van der Waals surface area contributed by atoms with Crippen molar-refractivity contribution in [1.82, 2.24) is 5.32 Å². The molecule has 8 heteroatoms. The monoisotopic (exact) mass is 390 g/mol. The topological polar surface area (TPSA) is 73.6 Å². The van der Waals surface area contributed by atoms with Crippen molar-refractivity contribution in [3.63, 3.8) is 0 Å². The highest BCUT2D eigenvalue weighted by Crippen LogP contribution is 2.40. The van der Waals surface area contributed by atoms with Gasteiger partial charge in [0, 0.05) is 17.6 Å². The van der Waals surface area contributed by atoms with E-state index < -0.39 is 6.61 Å². The molecule has 2 fully saturated rings. The second-order valence-corrected chi connectivity index (χ2v) is 6.93. The first-order valence-corrected chi connectivity index (χ1v) is 8.67. The Hall–Kier alpha value is -1.60. The number of amides is 1. The van der Waals surface area contributed by atoms with E-state index in [1.54, 1.807) is 6.07 Å². The van der Waals surface area contributed by atoms with E-state index in [-0.39, 0.29) is 47.5 Å². The van der Waals surface area contributed by atoms with Gasteiger partial charge in [-0.05, 0) is 55.7 Å². The molecule has 0 aromatic heterocycles. The molecule has 26 heavy (non-hydrogen) atoms. The smallest absolute Gasteiger partial charge is 0.387 e. The number of nitrogens with two attached hydrogens (primary N) is 1. The van der Waals surface area contributed by atoms with Crippen LogP contribution in [0.3, 0.4) is 0 Å². The zero-order chi connectivity index (χ0) is 18.0. The molecule has 146 valence electrons. The molecule has 2 atom stereocenters. The maximum Gasteiger partial charge on any atom is 0.387 e. The minimum absolute atomic E-state index is 0. The van der Waals surface area contributed by atoms with Gasteiger partial charge in [-0.3, -0.25) is 4.79 Å². The molecule has 3 rings (SSSR count). The zero-order valence-corrected chi connectivity index (χ0v) is 15.4. The van der Waals surface area contributed by atoms with Gasteiger partial charge in [0.25, 0.3) is 5.91 Å². The van der Waals surface area contributed by atoms with E-state index in [0.717, 1.165) is 25.7 Å². The quantitative estimate of drug-likeness (QED) is 0.808. The van der Waals surface area contributed by atoms with Crippen molar-refractivity contribution in [3.8, 4) is 11.5 Å². The van der Waals surface area contributed by atoms with E-state index in [9.17, 15) is 13.6 Å². The highest BCUT2D eigenvalue weighted by atomic mass is 35.5. The molecule has 1 amide bonds. The fourth-order valence-corrected chi connectivity index (χ4v) is 4.27. The summed E-state index contributed by atoms with van der Waals surface area (Å²) < 4.78 is 34.5. The number of rotatable bonds is 5. The standard InChI is InChI=1S/C18H24F2N2O3.ClH/c1-24-14-6-5-12(9-15(14)25-18(19)20)17(23)22-16-10-3-2-4-11(16)8-13(21)7-10;/h5-6,9-11,13,16,18H,2-4,7-8,21H2,1H3,(H,22,23);1H. The molecule has 1 aromatic carbocycles. The third kappa shape index (κ3) is 4.57. The van der Waals surface area contributed by atoms with E-state index >= 15 is 0 Å². The maximum absolute atomic E-state index is 12.6. The second kappa shape index (κ2) is 8.86. The SMILES string of the molecule is COc1ccc(C(=O)NC2C3CCCC2CC(N)C3)cc1OC(F)F.Cl. The lowest BCUT2D eigenvalue weighted by Crippen LogP contribution is -2.53. The second-order valence-electron chi connectivity index (χ2n) is 6.93. The van der Waals surface area contributed by atoms with Crippen LogP contribution in [0.15, 0.2) is 18.2 Å². The summed E-state index contributed by atoms with van der Waals surface area (Å²) in [5.74, 6) is 0.524. The summed E-state index contributed by atoms with van der Waals surface area (Å²) in [4.78, 5) is 12.6. The first-order valence-electron chi connectivity index (χ1n) is 8.67. The Balaban J connectivity index is 0.00000243. The average molecular weight is 391 g/mol. The highest BCUT2D eigenvalue weighted by molar-refractivity contribution is 5.95. The van der Waals surface area contributed by atoms with Gasteiger partial charge in [0.15, 0.2) is 11.5 Å². The average Bonchev–Trinajstić information content (AvgIpc) is 2.55. The summed E-state index contributed by atoms with van der Waals surface area (Å²) in [7, 11) is 1.36. The first kappa shape index (κ1) is 20.7. The first-order chi connectivity index (χ1) is 12.0. The van der Waals surface area contributed by atoms with E-state index in [1.807, 2.05) is 0 Å². The number of alkyl halides is 2. The number of ether oxygens (including phenoxy) is 2. The number of carbonyl (C=O) groups is 1. The normalized spacial score (nSPS) is 27.4. The van der Waals surface area contributed by atoms with Crippen molar-refractivity contribution < 1.29 is 23.0 Å². The van der Waals surface area contributed by atoms with Crippen molar-refractivity contribution in [2.24, 2.45) is 17.6 Å². The third-order valence-electron chi connectivity index (χ3n) is 5.32. The molecular formula is C18H25ClF2N2O3. The van der Waals surface area contributed by atoms with Crippen LogP contribution in [0.2, 0.25) is 0 Å². The molecule has 0 radical (unpaired) electrons. The minimum atomic E-state index is -2.98. The third-order valence-corrected chi connectivity index (χ3v) is 5.32. The van der Waals surface area contributed by atoms with Crippen LogP contribution in [0.1, 0.15) is 42.5 Å². The molecule has 2 unspecified atom stereocenters. The number of hydrogen-bond donors (Lipinski definition) is 2. The van der Waals surface area contributed by atoms with Gasteiger partial charge in [-0.1, -0.05) is 6.42 Å². The van der Waals surface area contributed by atoms with Crippen LogP contribution in [0.5, 0.6) is 11.5 Å². The summed E-state index contributed by atoms with van der Waals surface area (Å²) in [6.07, 6.45) is 5.14. The molecule has 2 bridgehead atoms. The largest absolute Gasteiger partial charge is 0.493 e. The molecule has 0 saturated heterocycles. The molecule has 2 aliphatic carbocycles. The van der Waals surface area contributed by atoms with Crippen molar-refractivity contribution in [2.75, 3.05) is 7.11 Å². The summed E-state index contributed by atoms with van der Waals surface area (Å²) >= 11 is 0. The predicted molar refractivity (Wildman–Crippen MR) is 96.2 cm³/mol. The van der Waals surface area contributed by atoms with Gasteiger partial charge in [-0.25, -0.2) is 0 Å². The van der Waals surface area contributed by atoms with E-state index in [4.69, 9.17) is 10.5 Å². The Kier molecular flexibility index (Phi) is 7.06. The highest BCUT2D eigenvalue weighted by Gasteiger charge is 2.40. The van der Waals surface area contributed by atoms with Crippen molar-refractivity contribution >= 4 is 18.3 Å². The lowest BCUT2D eigenvalue weighted by atomic mass is 9.67. The van der Waals surface area contributed by atoms with Gasteiger partial charge >= 0.3 is 6.61 Å². The molecule has 0 heterocycles. The molecule has 1 aromatic rings. The number of hydrogen-bond acceptors (Lipinski definition) is 4. The lowest BCUT2D eigenvalue weighted by molar-refractivity contribution is -0.0512. The van der Waals surface area contributed by atoms with E-state index in [1.165, 1.54) is 25.7 Å². The van der Waals surface area contributed by atoms with Crippen LogP contribution in [0.4, 0.5) is 8.78 Å². The number of nitrogens with one attached hydrogen (secondary N) is 1. The number of halogens is 3. The summed E-state index contributed by atoms with van der Waals surface area (Å²) in [5, 5.41) is 3.10. The van der Waals surface area contributed by atoms with Gasteiger partial charge < -0.3 is 20.5 Å². The van der Waals surface area contributed by atoms with Crippen LogP contribution >= 0.6 is 12.4 Å². The molecule has 0 spiro atoms. The van der Waals surface area contributed by atoms with E-state index in [0.29, 0.717) is 11.8 Å². The number of fused-ring (bicyclic) bond motifs is 2. The Morgan fingerprint density at radius 3 is 2.46 bits per heavy atom. The summed E-state index contributed by atoms with van der Waals surface area (Å²) in [5.41, 5.74) is 6.40. The van der Waals surface area contributed by atoms with Crippen molar-refractivity contribution in [3.05, 3.63) is 23.8 Å². The molecule has 3 N–H and O–H groups in total. The van der Waals surface area contributed by atoms with Gasteiger partial charge in [0.05, 0.1) is 7.11 Å². The Labute approximate surface area is 158 Å². The Morgan fingerprint density at radius 1 is 1.23 bits per heavy atom. The van der Waals surface area contributed by atoms with Crippen LogP contribution in [0.25, 0.3) is 0 Å². The predicted octanol–water partition coefficient (Wildman–Crippen LogP) is 3.35. The minimum Gasteiger partial charge on any atom is -0.493 e. The fraction of sp³-hybridized carbons (Fsp3) is 0.611. The van der Waals surface area contributed by atoms with Crippen LogP contribution in [-0.2, 0) is 0 Å². The number of methoxy groups -OCH3 is 1. The van der Waals surface area contributed by atoms with Crippen LogP contribution in [-0.4, -0.2) is 31.7 Å². The van der Waals surface area contributed by atoms with Crippen LogP contribution < -0.4 is 20.5 Å². The summed E-state index contributed by atoms with van der Waals surface area (Å²) in [6.45, 7) is -2.98. The van der Waals surface area contributed by atoms with Crippen molar-refractivity contribution in [1.29, 1.82) is 0 Å². The van der Waals surface area contributed by atoms with E-state index in [2.05, 4.69) is 10.1 Å². The molecule has 5 nitrogen and oxygen atoms in total. The molecule has 2 aliphatic rings. The fourth-order valence-electron chi connectivity index (χ4n) is 4.27. The molecular weight excluding hydrogens is 366 g/mol. The molecule has 0 aliphatic heterocycles. The summed E-state index contributed by atoms with van der Waals surface area (Å²) in [6, 6.07) is 4.62. The Morgan fingerprint density at radius 2 is 1.88 bits per heavy atom. The van der Waals surface area contributed by atoms with Crippen molar-refractivity contribution in [2.45, 2.75) is 50.8 Å².